The third kappa shape index (κ3) is 4.26. The van der Waals surface area contributed by atoms with Crippen LogP contribution in [0.15, 0.2) is 66.7 Å². The number of aromatic nitrogens is 1. The molecule has 7 nitrogen and oxygen atoms in total. The van der Waals surface area contributed by atoms with Crippen molar-refractivity contribution < 1.29 is 19.1 Å². The first-order valence-electron chi connectivity index (χ1n) is 10.8. The molecule has 0 aliphatic carbocycles. The molecule has 1 aliphatic heterocycles. The predicted octanol–water partition coefficient (Wildman–Crippen LogP) is 4.63. The summed E-state index contributed by atoms with van der Waals surface area (Å²) in [5.41, 5.74) is 2.96. The molecule has 0 N–H and O–H groups in total. The fourth-order valence-corrected chi connectivity index (χ4v) is 4.46. The number of para-hydroxylation sites is 2. The number of hydrogen-bond donors (Lipinski definition) is 0. The van der Waals surface area contributed by atoms with E-state index < -0.39 is 0 Å². The lowest BCUT2D eigenvalue weighted by Crippen LogP contribution is -2.47. The number of nitrogens with zero attached hydrogens (tertiary/aromatic N) is 3. The van der Waals surface area contributed by atoms with Gasteiger partial charge in [0, 0.05) is 36.5 Å². The Labute approximate surface area is 193 Å². The number of benzene rings is 2. The second-order valence-corrected chi connectivity index (χ2v) is 8.00. The quantitative estimate of drug-likeness (QED) is 0.573. The highest BCUT2D eigenvalue weighted by Crippen LogP contribution is 2.42. The van der Waals surface area contributed by atoms with Gasteiger partial charge in [0.15, 0.2) is 0 Å². The van der Waals surface area contributed by atoms with Gasteiger partial charge in [0.2, 0.25) is 17.7 Å². The van der Waals surface area contributed by atoms with E-state index in [4.69, 9.17) is 9.47 Å². The van der Waals surface area contributed by atoms with Crippen LogP contribution >= 0.6 is 0 Å². The van der Waals surface area contributed by atoms with Crippen LogP contribution in [-0.2, 0) is 4.79 Å². The number of rotatable bonds is 5. The second kappa shape index (κ2) is 9.32. The maximum Gasteiger partial charge on any atom is 0.258 e. The van der Waals surface area contributed by atoms with Gasteiger partial charge in [0.1, 0.15) is 0 Å². The lowest BCUT2D eigenvalue weighted by atomic mass is 9.89. The molecule has 1 aromatic heterocycles. The van der Waals surface area contributed by atoms with Gasteiger partial charge in [-0.1, -0.05) is 36.4 Å². The van der Waals surface area contributed by atoms with E-state index in [-0.39, 0.29) is 23.9 Å². The van der Waals surface area contributed by atoms with Gasteiger partial charge >= 0.3 is 0 Å². The standard InChI is InChI=1S/C26H27N3O4/c1-17-14-23(29(18(2)30)20-10-6-5-7-11-20)21-12-8-9-13-22(21)28(17)26(31)19-15-24(32-3)27-25(16-19)33-4/h5-13,15-17,23H,14H2,1-4H3. The first kappa shape index (κ1) is 22.3. The molecule has 170 valence electrons. The van der Waals surface area contributed by atoms with Gasteiger partial charge in [0.05, 0.1) is 25.8 Å². The molecule has 0 saturated heterocycles. The van der Waals surface area contributed by atoms with Crippen LogP contribution in [0.5, 0.6) is 11.8 Å². The summed E-state index contributed by atoms with van der Waals surface area (Å²) in [5, 5.41) is 0. The average Bonchev–Trinajstić information content (AvgIpc) is 2.84. The Hall–Kier alpha value is -3.87. The maximum atomic E-state index is 13.7. The largest absolute Gasteiger partial charge is 0.481 e. The van der Waals surface area contributed by atoms with E-state index in [0.29, 0.717) is 23.7 Å². The maximum absolute atomic E-state index is 13.7. The summed E-state index contributed by atoms with van der Waals surface area (Å²) in [5.74, 6) is 0.388. The van der Waals surface area contributed by atoms with Gasteiger partial charge in [-0.2, -0.15) is 4.98 Å². The summed E-state index contributed by atoms with van der Waals surface area (Å²) >= 11 is 0. The molecule has 7 heteroatoms. The van der Waals surface area contributed by atoms with Crippen molar-refractivity contribution in [3.63, 3.8) is 0 Å². The number of carbonyl (C=O) groups excluding carboxylic acids is 2. The van der Waals surface area contributed by atoms with Crippen LogP contribution in [0.4, 0.5) is 11.4 Å². The Morgan fingerprint density at radius 1 is 0.970 bits per heavy atom. The van der Waals surface area contributed by atoms with Gasteiger partial charge in [-0.3, -0.25) is 9.59 Å². The minimum Gasteiger partial charge on any atom is -0.481 e. The molecular weight excluding hydrogens is 418 g/mol. The normalized spacial score (nSPS) is 17.2. The molecule has 0 saturated carbocycles. The molecule has 0 fully saturated rings. The van der Waals surface area contributed by atoms with Gasteiger partial charge in [-0.15, -0.1) is 0 Å². The van der Waals surface area contributed by atoms with Crippen molar-refractivity contribution in [2.45, 2.75) is 32.4 Å². The zero-order chi connectivity index (χ0) is 23.5. The Morgan fingerprint density at radius 3 is 2.18 bits per heavy atom. The number of carbonyl (C=O) groups is 2. The smallest absolute Gasteiger partial charge is 0.258 e. The third-order valence-electron chi connectivity index (χ3n) is 5.91. The number of fused-ring (bicyclic) bond motifs is 1. The van der Waals surface area contributed by atoms with Gasteiger partial charge in [-0.05, 0) is 37.1 Å². The molecule has 33 heavy (non-hydrogen) atoms. The molecule has 3 aromatic rings. The van der Waals surface area contributed by atoms with Gasteiger partial charge in [-0.25, -0.2) is 0 Å². The number of hydrogen-bond acceptors (Lipinski definition) is 5. The fraction of sp³-hybridized carbons (Fsp3) is 0.269. The molecule has 2 atom stereocenters. The zero-order valence-corrected chi connectivity index (χ0v) is 19.2. The summed E-state index contributed by atoms with van der Waals surface area (Å²) < 4.78 is 10.5. The van der Waals surface area contributed by atoms with E-state index in [1.54, 1.807) is 24.0 Å². The van der Waals surface area contributed by atoms with Crippen molar-refractivity contribution in [2.75, 3.05) is 24.0 Å². The average molecular weight is 446 g/mol. The monoisotopic (exact) mass is 445 g/mol. The van der Waals surface area contributed by atoms with Gasteiger partial charge in [0.25, 0.3) is 5.91 Å². The lowest BCUT2D eigenvalue weighted by molar-refractivity contribution is -0.117. The van der Waals surface area contributed by atoms with Crippen LogP contribution in [0.1, 0.15) is 42.2 Å². The van der Waals surface area contributed by atoms with Crippen LogP contribution in [0, 0.1) is 0 Å². The van der Waals surface area contributed by atoms with E-state index >= 15 is 0 Å². The first-order chi connectivity index (χ1) is 15.9. The van der Waals surface area contributed by atoms with Crippen LogP contribution < -0.4 is 19.3 Å². The summed E-state index contributed by atoms with van der Waals surface area (Å²) in [6.07, 6.45) is 0.594. The number of anilines is 2. The Balaban J connectivity index is 1.78. The van der Waals surface area contributed by atoms with Crippen molar-refractivity contribution in [3.05, 3.63) is 77.9 Å². The van der Waals surface area contributed by atoms with Crippen LogP contribution in [0.25, 0.3) is 0 Å². The molecular formula is C26H27N3O4. The van der Waals surface area contributed by atoms with Crippen LogP contribution in [0.2, 0.25) is 0 Å². The molecule has 4 rings (SSSR count). The molecule has 2 amide bonds. The summed E-state index contributed by atoms with van der Waals surface area (Å²) in [6, 6.07) is 20.3. The molecule has 0 bridgehead atoms. The van der Waals surface area contributed by atoms with Crippen molar-refractivity contribution in [1.82, 2.24) is 4.98 Å². The number of amides is 2. The number of ether oxygens (including phenoxy) is 2. The minimum absolute atomic E-state index is 0.0448. The van der Waals surface area contributed by atoms with Crippen LogP contribution in [0.3, 0.4) is 0 Å². The molecule has 2 aromatic carbocycles. The van der Waals surface area contributed by atoms with E-state index in [1.165, 1.54) is 14.2 Å². The number of methoxy groups -OCH3 is 2. The van der Waals surface area contributed by atoms with E-state index in [1.807, 2.05) is 66.4 Å². The molecule has 1 aliphatic rings. The number of pyridine rings is 1. The fourth-order valence-electron chi connectivity index (χ4n) is 4.46. The topological polar surface area (TPSA) is 72.0 Å². The second-order valence-electron chi connectivity index (χ2n) is 8.00. The molecule has 0 radical (unpaired) electrons. The highest BCUT2D eigenvalue weighted by molar-refractivity contribution is 6.08. The van der Waals surface area contributed by atoms with Crippen molar-refractivity contribution in [1.29, 1.82) is 0 Å². The third-order valence-corrected chi connectivity index (χ3v) is 5.91. The van der Waals surface area contributed by atoms with Crippen LogP contribution in [-0.4, -0.2) is 37.1 Å². The highest BCUT2D eigenvalue weighted by atomic mass is 16.5. The Morgan fingerprint density at radius 2 is 1.58 bits per heavy atom. The predicted molar refractivity (Wildman–Crippen MR) is 127 cm³/mol. The van der Waals surface area contributed by atoms with Gasteiger partial charge < -0.3 is 19.3 Å². The first-order valence-corrected chi connectivity index (χ1v) is 10.8. The Kier molecular flexibility index (Phi) is 6.31. The van der Waals surface area contributed by atoms with E-state index in [2.05, 4.69) is 4.98 Å². The molecule has 2 heterocycles. The highest BCUT2D eigenvalue weighted by Gasteiger charge is 2.38. The zero-order valence-electron chi connectivity index (χ0n) is 19.2. The lowest BCUT2D eigenvalue weighted by Gasteiger charge is -2.43. The minimum atomic E-state index is -0.193. The molecule has 0 spiro atoms. The van der Waals surface area contributed by atoms with E-state index in [9.17, 15) is 9.59 Å². The van der Waals surface area contributed by atoms with Crippen molar-refractivity contribution in [2.24, 2.45) is 0 Å². The SMILES string of the molecule is COc1cc(C(=O)N2c3ccccc3C(N(C(C)=O)c3ccccc3)CC2C)cc(OC)n1. The molecule has 2 unspecified atom stereocenters. The Bertz CT molecular complexity index is 1140. The summed E-state index contributed by atoms with van der Waals surface area (Å²) in [4.78, 5) is 34.2. The summed E-state index contributed by atoms with van der Waals surface area (Å²) in [7, 11) is 3.00. The summed E-state index contributed by atoms with van der Waals surface area (Å²) in [6.45, 7) is 3.58. The van der Waals surface area contributed by atoms with Crippen molar-refractivity contribution in [3.8, 4) is 11.8 Å². The van der Waals surface area contributed by atoms with E-state index in [0.717, 1.165) is 16.9 Å². The van der Waals surface area contributed by atoms with Crippen molar-refractivity contribution >= 4 is 23.2 Å².